The normalized spacial score (nSPS) is 22.2. The fourth-order valence-electron chi connectivity index (χ4n) is 4.26. The van der Waals surface area contributed by atoms with Gasteiger partial charge in [0.2, 0.25) is 10.8 Å². The Bertz CT molecular complexity index is 924. The van der Waals surface area contributed by atoms with Crippen molar-refractivity contribution in [3.8, 4) is 11.6 Å². The molecule has 0 radical (unpaired) electrons. The van der Waals surface area contributed by atoms with E-state index in [4.69, 9.17) is 4.74 Å². The maximum absolute atomic E-state index is 10.9. The van der Waals surface area contributed by atoms with Gasteiger partial charge < -0.3 is 9.84 Å². The summed E-state index contributed by atoms with van der Waals surface area (Å²) in [6.07, 6.45) is 1.24. The van der Waals surface area contributed by atoms with Gasteiger partial charge in [0.15, 0.2) is 0 Å². The molecule has 7 heteroatoms. The Labute approximate surface area is 163 Å². The number of thiazole rings is 1. The van der Waals surface area contributed by atoms with E-state index in [9.17, 15) is 5.11 Å². The first-order valence-electron chi connectivity index (χ1n) is 9.39. The zero-order valence-corrected chi connectivity index (χ0v) is 17.0. The summed E-state index contributed by atoms with van der Waals surface area (Å²) in [6, 6.07) is 8.13. The lowest BCUT2D eigenvalue weighted by Crippen LogP contribution is -2.41. The molecule has 6 nitrogen and oxygen atoms in total. The molecule has 3 unspecified atom stereocenters. The summed E-state index contributed by atoms with van der Waals surface area (Å²) in [5.74, 6) is 2.95. The number of hydrogen-bond acceptors (Lipinski definition) is 6. The van der Waals surface area contributed by atoms with Crippen LogP contribution in [-0.4, -0.2) is 44.8 Å². The summed E-state index contributed by atoms with van der Waals surface area (Å²) in [7, 11) is 1.68. The molecule has 1 aromatic carbocycles. The number of fused-ring (bicyclic) bond motifs is 1. The molecule has 3 heterocycles. The zero-order valence-electron chi connectivity index (χ0n) is 16.2. The molecule has 0 saturated carbocycles. The number of aromatic nitrogens is 3. The lowest BCUT2D eigenvalue weighted by Gasteiger charge is -2.40. The van der Waals surface area contributed by atoms with Crippen molar-refractivity contribution in [3.05, 3.63) is 40.5 Å². The average molecular weight is 387 g/mol. The minimum atomic E-state index is -0.0186. The van der Waals surface area contributed by atoms with Crippen LogP contribution in [0.3, 0.4) is 0 Å². The number of piperidine rings is 1. The molecule has 2 aromatic heterocycles. The van der Waals surface area contributed by atoms with Crippen LogP contribution in [0.5, 0.6) is 11.6 Å². The number of likely N-dealkylation sites (tertiary alicyclic amines) is 1. The summed E-state index contributed by atoms with van der Waals surface area (Å²) in [5.41, 5.74) is 1.15. The van der Waals surface area contributed by atoms with Gasteiger partial charge in [-0.2, -0.15) is 4.52 Å². The Morgan fingerprint density at radius 2 is 1.85 bits per heavy atom. The van der Waals surface area contributed by atoms with Gasteiger partial charge in [-0.05, 0) is 42.9 Å². The van der Waals surface area contributed by atoms with Gasteiger partial charge >= 0.3 is 0 Å². The Kier molecular flexibility index (Phi) is 4.82. The van der Waals surface area contributed by atoms with Crippen LogP contribution in [0.1, 0.15) is 42.6 Å². The molecule has 1 aliphatic heterocycles. The van der Waals surface area contributed by atoms with Gasteiger partial charge in [-0.1, -0.05) is 37.3 Å². The van der Waals surface area contributed by atoms with Crippen LogP contribution in [0.2, 0.25) is 0 Å². The molecule has 3 atom stereocenters. The summed E-state index contributed by atoms with van der Waals surface area (Å²) in [4.78, 5) is 8.56. The first-order valence-corrected chi connectivity index (χ1v) is 10.2. The fourth-order valence-corrected chi connectivity index (χ4v) is 5.43. The predicted octanol–water partition coefficient (Wildman–Crippen LogP) is 3.88. The number of methoxy groups -OCH3 is 1. The molecule has 0 spiro atoms. The standard InChI is InChI=1S/C20H26N4O2S/c1-12-9-13(2)11-23(10-12)17(15-5-7-16(26-4)8-6-15)18-19(25)24-20(27-18)21-14(3)22-24/h5-8,12-13,17,25H,9-11H2,1-4H3. The van der Waals surface area contributed by atoms with Crippen LogP contribution in [0, 0.1) is 18.8 Å². The van der Waals surface area contributed by atoms with Crippen LogP contribution < -0.4 is 4.74 Å². The third kappa shape index (κ3) is 3.41. The molecule has 4 rings (SSSR count). The van der Waals surface area contributed by atoms with Crippen molar-refractivity contribution in [2.75, 3.05) is 20.2 Å². The van der Waals surface area contributed by atoms with Gasteiger partial charge in [-0.3, -0.25) is 4.90 Å². The minimum absolute atomic E-state index is 0.0186. The molecular formula is C20H26N4O2S. The van der Waals surface area contributed by atoms with Crippen LogP contribution in [-0.2, 0) is 0 Å². The molecule has 1 saturated heterocycles. The SMILES string of the molecule is COc1ccc(C(c2sc3nc(C)nn3c2O)N2CC(C)CC(C)C2)cc1. The predicted molar refractivity (Wildman–Crippen MR) is 107 cm³/mol. The minimum Gasteiger partial charge on any atom is -0.497 e. The van der Waals surface area contributed by atoms with Crippen LogP contribution in [0.4, 0.5) is 0 Å². The molecule has 0 amide bonds. The Morgan fingerprint density at radius 3 is 2.44 bits per heavy atom. The lowest BCUT2D eigenvalue weighted by molar-refractivity contribution is 0.112. The second-order valence-corrected chi connectivity index (χ2v) is 8.73. The molecule has 1 aliphatic rings. The van der Waals surface area contributed by atoms with Crippen molar-refractivity contribution in [1.29, 1.82) is 0 Å². The van der Waals surface area contributed by atoms with Gasteiger partial charge in [0, 0.05) is 13.1 Å². The summed E-state index contributed by atoms with van der Waals surface area (Å²) in [5, 5.41) is 15.3. The largest absolute Gasteiger partial charge is 0.497 e. The van der Waals surface area contributed by atoms with E-state index in [-0.39, 0.29) is 11.9 Å². The molecule has 144 valence electrons. The number of hydrogen-bond donors (Lipinski definition) is 1. The maximum atomic E-state index is 10.9. The van der Waals surface area contributed by atoms with Crippen molar-refractivity contribution in [2.24, 2.45) is 11.8 Å². The van der Waals surface area contributed by atoms with Crippen molar-refractivity contribution < 1.29 is 9.84 Å². The maximum Gasteiger partial charge on any atom is 0.230 e. The van der Waals surface area contributed by atoms with Gasteiger partial charge in [0.25, 0.3) is 0 Å². The highest BCUT2D eigenvalue weighted by Gasteiger charge is 2.33. The van der Waals surface area contributed by atoms with E-state index in [1.54, 1.807) is 11.6 Å². The second-order valence-electron chi connectivity index (χ2n) is 7.72. The first-order chi connectivity index (χ1) is 13.0. The van der Waals surface area contributed by atoms with E-state index in [0.29, 0.717) is 17.7 Å². The molecule has 1 N–H and O–H groups in total. The average Bonchev–Trinajstić information content (AvgIpc) is 3.13. The topological polar surface area (TPSA) is 62.9 Å². The number of benzene rings is 1. The number of rotatable bonds is 4. The third-order valence-electron chi connectivity index (χ3n) is 5.25. The third-order valence-corrected chi connectivity index (χ3v) is 6.32. The Hall–Kier alpha value is -2.12. The molecule has 3 aromatic rings. The molecular weight excluding hydrogens is 360 g/mol. The first kappa shape index (κ1) is 18.3. The highest BCUT2D eigenvalue weighted by Crippen LogP contribution is 2.42. The van der Waals surface area contributed by atoms with Gasteiger partial charge in [-0.15, -0.1) is 5.10 Å². The highest BCUT2D eigenvalue weighted by molar-refractivity contribution is 7.17. The van der Waals surface area contributed by atoms with Gasteiger partial charge in [-0.25, -0.2) is 4.98 Å². The van der Waals surface area contributed by atoms with Crippen LogP contribution in [0.15, 0.2) is 24.3 Å². The summed E-state index contributed by atoms with van der Waals surface area (Å²) < 4.78 is 6.88. The van der Waals surface area contributed by atoms with E-state index in [1.807, 2.05) is 19.1 Å². The second kappa shape index (κ2) is 7.13. The Morgan fingerprint density at radius 1 is 1.19 bits per heavy atom. The van der Waals surface area contributed by atoms with E-state index >= 15 is 0 Å². The quantitative estimate of drug-likeness (QED) is 0.737. The van der Waals surface area contributed by atoms with Crippen molar-refractivity contribution >= 4 is 16.3 Å². The molecule has 0 aliphatic carbocycles. The molecule has 1 fully saturated rings. The number of aromatic hydroxyl groups is 1. The van der Waals surface area contributed by atoms with E-state index in [1.165, 1.54) is 17.8 Å². The van der Waals surface area contributed by atoms with Crippen molar-refractivity contribution in [3.63, 3.8) is 0 Å². The monoisotopic (exact) mass is 386 g/mol. The van der Waals surface area contributed by atoms with Crippen LogP contribution in [0.25, 0.3) is 4.96 Å². The zero-order chi connectivity index (χ0) is 19.1. The van der Waals surface area contributed by atoms with E-state index in [2.05, 4.69) is 41.0 Å². The Balaban J connectivity index is 1.80. The highest BCUT2D eigenvalue weighted by atomic mass is 32.1. The molecule has 27 heavy (non-hydrogen) atoms. The van der Waals surface area contributed by atoms with Gasteiger partial charge in [0.1, 0.15) is 11.6 Å². The summed E-state index contributed by atoms with van der Waals surface area (Å²) in [6.45, 7) is 8.47. The summed E-state index contributed by atoms with van der Waals surface area (Å²) >= 11 is 1.52. The van der Waals surface area contributed by atoms with Crippen LogP contribution >= 0.6 is 11.3 Å². The van der Waals surface area contributed by atoms with E-state index < -0.39 is 0 Å². The number of aryl methyl sites for hydroxylation is 1. The van der Waals surface area contributed by atoms with Gasteiger partial charge in [0.05, 0.1) is 18.0 Å². The molecule has 0 bridgehead atoms. The van der Waals surface area contributed by atoms with Crippen molar-refractivity contribution in [2.45, 2.75) is 33.2 Å². The van der Waals surface area contributed by atoms with E-state index in [0.717, 1.165) is 34.2 Å². The number of nitrogens with zero attached hydrogens (tertiary/aromatic N) is 4. The number of ether oxygens (including phenoxy) is 1. The smallest absolute Gasteiger partial charge is 0.230 e. The lowest BCUT2D eigenvalue weighted by atomic mass is 9.89. The van der Waals surface area contributed by atoms with Crippen molar-refractivity contribution in [1.82, 2.24) is 19.5 Å². The fraction of sp³-hybridized carbons (Fsp3) is 0.500.